The highest BCUT2D eigenvalue weighted by molar-refractivity contribution is 7.88. The highest BCUT2D eigenvalue weighted by atomic mass is 32.2. The zero-order chi connectivity index (χ0) is 16.7. The third kappa shape index (κ3) is 2.83. The molecule has 2 fully saturated rings. The van der Waals surface area contributed by atoms with E-state index in [9.17, 15) is 8.42 Å². The van der Waals surface area contributed by atoms with Gasteiger partial charge in [0.15, 0.2) is 0 Å². The lowest BCUT2D eigenvalue weighted by Crippen LogP contribution is -2.56. The Morgan fingerprint density at radius 2 is 2.04 bits per heavy atom. The van der Waals surface area contributed by atoms with Crippen molar-refractivity contribution >= 4 is 20.9 Å². The number of sulfonamides is 1. The van der Waals surface area contributed by atoms with E-state index in [4.69, 9.17) is 0 Å². The van der Waals surface area contributed by atoms with E-state index < -0.39 is 10.0 Å². The largest absolute Gasteiger partial charge is 0.297 e. The first kappa shape index (κ1) is 16.0. The highest BCUT2D eigenvalue weighted by Gasteiger charge is 2.39. The number of benzene rings is 1. The molecule has 0 saturated carbocycles. The van der Waals surface area contributed by atoms with Crippen molar-refractivity contribution in [2.75, 3.05) is 19.6 Å². The van der Waals surface area contributed by atoms with Crippen molar-refractivity contribution in [3.05, 3.63) is 42.1 Å². The first-order valence-electron chi connectivity index (χ1n) is 8.61. The zero-order valence-corrected chi connectivity index (χ0v) is 14.7. The number of para-hydroxylation sites is 1. The second-order valence-electron chi connectivity index (χ2n) is 6.96. The minimum absolute atomic E-state index is 0.0262. The Morgan fingerprint density at radius 3 is 2.92 bits per heavy atom. The van der Waals surface area contributed by atoms with Gasteiger partial charge in [-0.25, -0.2) is 8.42 Å². The van der Waals surface area contributed by atoms with Crippen molar-refractivity contribution in [2.45, 2.75) is 37.6 Å². The van der Waals surface area contributed by atoms with Crippen molar-refractivity contribution in [1.82, 2.24) is 14.2 Å². The Morgan fingerprint density at radius 1 is 1.21 bits per heavy atom. The number of piperazine rings is 1. The lowest BCUT2D eigenvalue weighted by molar-refractivity contribution is 0.117. The number of pyridine rings is 1. The Labute approximate surface area is 143 Å². The van der Waals surface area contributed by atoms with Crippen LogP contribution in [0.25, 0.3) is 10.9 Å². The molecule has 0 bridgehead atoms. The Kier molecular flexibility index (Phi) is 4.06. The van der Waals surface area contributed by atoms with Crippen LogP contribution in [0.4, 0.5) is 0 Å². The Bertz CT molecular complexity index is 847. The van der Waals surface area contributed by atoms with E-state index in [2.05, 4.69) is 9.88 Å². The van der Waals surface area contributed by atoms with Crippen LogP contribution >= 0.6 is 0 Å². The van der Waals surface area contributed by atoms with Gasteiger partial charge in [0.25, 0.3) is 0 Å². The van der Waals surface area contributed by atoms with Crippen LogP contribution in [0.3, 0.4) is 0 Å². The van der Waals surface area contributed by atoms with Crippen molar-refractivity contribution in [2.24, 2.45) is 0 Å². The van der Waals surface area contributed by atoms with Gasteiger partial charge in [-0.15, -0.1) is 0 Å². The van der Waals surface area contributed by atoms with Gasteiger partial charge in [0.1, 0.15) is 0 Å². The van der Waals surface area contributed by atoms with E-state index in [1.165, 1.54) is 6.42 Å². The number of hydrogen-bond acceptors (Lipinski definition) is 4. The van der Waals surface area contributed by atoms with Gasteiger partial charge in [-0.2, -0.15) is 4.31 Å². The molecule has 0 amide bonds. The Hall–Kier alpha value is -1.50. The average molecular weight is 345 g/mol. The van der Waals surface area contributed by atoms with Gasteiger partial charge in [-0.3, -0.25) is 9.88 Å². The SMILES string of the molecule is C[C@@H]1CN2CCC[C@@H]2CN1S(=O)(=O)Cc1cccc2cccnc12. The molecule has 6 heteroatoms. The summed E-state index contributed by atoms with van der Waals surface area (Å²) in [4.78, 5) is 6.83. The molecule has 1 aromatic heterocycles. The summed E-state index contributed by atoms with van der Waals surface area (Å²) in [5.41, 5.74) is 1.57. The summed E-state index contributed by atoms with van der Waals surface area (Å²) in [5, 5.41) is 0.985. The van der Waals surface area contributed by atoms with E-state index in [1.807, 2.05) is 37.3 Å². The minimum Gasteiger partial charge on any atom is -0.297 e. The number of aromatic nitrogens is 1. The van der Waals surface area contributed by atoms with E-state index in [0.717, 1.165) is 36.0 Å². The van der Waals surface area contributed by atoms with E-state index >= 15 is 0 Å². The molecule has 0 N–H and O–H groups in total. The number of hydrogen-bond donors (Lipinski definition) is 0. The maximum Gasteiger partial charge on any atom is 0.218 e. The molecule has 2 aromatic rings. The molecule has 3 heterocycles. The average Bonchev–Trinajstić information content (AvgIpc) is 3.01. The topological polar surface area (TPSA) is 53.5 Å². The van der Waals surface area contributed by atoms with Crippen LogP contribution in [0.15, 0.2) is 36.5 Å². The summed E-state index contributed by atoms with van der Waals surface area (Å²) < 4.78 is 27.9. The fourth-order valence-corrected chi connectivity index (χ4v) is 5.92. The molecule has 5 nitrogen and oxygen atoms in total. The van der Waals surface area contributed by atoms with E-state index in [-0.39, 0.29) is 11.8 Å². The van der Waals surface area contributed by atoms with Gasteiger partial charge in [0.05, 0.1) is 11.3 Å². The van der Waals surface area contributed by atoms with Crippen LogP contribution in [-0.4, -0.2) is 54.3 Å². The fourth-order valence-electron chi connectivity index (χ4n) is 4.11. The van der Waals surface area contributed by atoms with Gasteiger partial charge in [-0.05, 0) is 37.9 Å². The second kappa shape index (κ2) is 6.10. The van der Waals surface area contributed by atoms with Gasteiger partial charge < -0.3 is 0 Å². The fraction of sp³-hybridized carbons (Fsp3) is 0.500. The number of nitrogens with zero attached hydrogens (tertiary/aromatic N) is 3. The molecule has 1 aromatic carbocycles. The van der Waals surface area contributed by atoms with Crippen LogP contribution in [0.5, 0.6) is 0 Å². The van der Waals surface area contributed by atoms with Crippen molar-refractivity contribution < 1.29 is 8.42 Å². The van der Waals surface area contributed by atoms with Gasteiger partial charge in [-0.1, -0.05) is 24.3 Å². The predicted octanol–water partition coefficient (Wildman–Crippen LogP) is 2.23. The molecule has 2 aliphatic heterocycles. The third-order valence-corrected chi connectivity index (χ3v) is 7.19. The molecule has 128 valence electrons. The summed E-state index contributed by atoms with van der Waals surface area (Å²) in [7, 11) is -3.35. The van der Waals surface area contributed by atoms with E-state index in [1.54, 1.807) is 10.5 Å². The lowest BCUT2D eigenvalue weighted by Gasteiger charge is -2.41. The van der Waals surface area contributed by atoms with Crippen molar-refractivity contribution in [1.29, 1.82) is 0 Å². The maximum atomic E-state index is 13.1. The monoisotopic (exact) mass is 345 g/mol. The van der Waals surface area contributed by atoms with Crippen LogP contribution < -0.4 is 0 Å². The van der Waals surface area contributed by atoms with Crippen LogP contribution in [-0.2, 0) is 15.8 Å². The first-order valence-corrected chi connectivity index (χ1v) is 10.2. The molecule has 2 saturated heterocycles. The van der Waals surface area contributed by atoms with Gasteiger partial charge in [0, 0.05) is 36.8 Å². The molecule has 2 atom stereocenters. The van der Waals surface area contributed by atoms with Crippen molar-refractivity contribution in [3.63, 3.8) is 0 Å². The quantitative estimate of drug-likeness (QED) is 0.856. The molecule has 2 aliphatic rings. The summed E-state index contributed by atoms with van der Waals surface area (Å²) in [5.74, 6) is 0.0262. The number of fused-ring (bicyclic) bond motifs is 2. The normalized spacial score (nSPS) is 25.9. The van der Waals surface area contributed by atoms with Crippen molar-refractivity contribution in [3.8, 4) is 0 Å². The lowest BCUT2D eigenvalue weighted by atomic mass is 10.1. The smallest absolute Gasteiger partial charge is 0.218 e. The molecule has 0 spiro atoms. The summed E-state index contributed by atoms with van der Waals surface area (Å²) in [6.45, 7) is 4.60. The minimum atomic E-state index is -3.35. The Balaban J connectivity index is 1.63. The van der Waals surface area contributed by atoms with Crippen LogP contribution in [0, 0.1) is 0 Å². The van der Waals surface area contributed by atoms with Gasteiger partial charge >= 0.3 is 0 Å². The first-order chi connectivity index (χ1) is 11.5. The van der Waals surface area contributed by atoms with Gasteiger partial charge in [0.2, 0.25) is 10.0 Å². The van der Waals surface area contributed by atoms with E-state index in [0.29, 0.717) is 12.6 Å². The highest BCUT2D eigenvalue weighted by Crippen LogP contribution is 2.28. The number of rotatable bonds is 3. The molecule has 0 unspecified atom stereocenters. The molecule has 4 rings (SSSR count). The second-order valence-corrected chi connectivity index (χ2v) is 8.88. The summed E-state index contributed by atoms with van der Waals surface area (Å²) in [6.07, 6.45) is 4.01. The molecule has 0 aliphatic carbocycles. The predicted molar refractivity (Wildman–Crippen MR) is 95.1 cm³/mol. The summed E-state index contributed by atoms with van der Waals surface area (Å²) >= 11 is 0. The molecular formula is C18H23N3O2S. The molecular weight excluding hydrogens is 322 g/mol. The molecule has 0 radical (unpaired) electrons. The standard InChI is InChI=1S/C18H23N3O2S/c1-14-11-20-10-4-8-17(20)12-21(14)24(22,23)13-16-6-2-5-15-7-3-9-19-18(15)16/h2-3,5-7,9,14,17H,4,8,10-13H2,1H3/t14-,17-/m1/s1. The van der Waals surface area contributed by atoms with Crippen LogP contribution in [0.1, 0.15) is 25.3 Å². The zero-order valence-electron chi connectivity index (χ0n) is 13.9. The maximum absolute atomic E-state index is 13.1. The summed E-state index contributed by atoms with van der Waals surface area (Å²) in [6, 6.07) is 10.0. The molecule has 24 heavy (non-hydrogen) atoms. The van der Waals surface area contributed by atoms with Crippen LogP contribution in [0.2, 0.25) is 0 Å². The third-order valence-electron chi connectivity index (χ3n) is 5.29.